The van der Waals surface area contributed by atoms with Gasteiger partial charge in [-0.25, -0.2) is 18.9 Å². The lowest BCUT2D eigenvalue weighted by Gasteiger charge is -2.11. The van der Waals surface area contributed by atoms with Crippen LogP contribution < -0.4 is 10.4 Å². The van der Waals surface area contributed by atoms with Crippen molar-refractivity contribution in [1.29, 1.82) is 0 Å². The lowest BCUT2D eigenvalue weighted by Crippen LogP contribution is -2.17. The van der Waals surface area contributed by atoms with Crippen LogP contribution >= 0.6 is 0 Å². The van der Waals surface area contributed by atoms with E-state index in [-0.39, 0.29) is 11.5 Å². The van der Waals surface area contributed by atoms with Gasteiger partial charge in [0.2, 0.25) is 0 Å². The van der Waals surface area contributed by atoms with Crippen molar-refractivity contribution in [2.75, 3.05) is 0 Å². The molecule has 1 aromatic heterocycles. The van der Waals surface area contributed by atoms with E-state index in [1.165, 1.54) is 12.1 Å². The van der Waals surface area contributed by atoms with Crippen LogP contribution in [0.4, 0.5) is 4.39 Å². The van der Waals surface area contributed by atoms with Gasteiger partial charge < -0.3 is 4.74 Å². The molecule has 1 N–H and O–H groups in total. The zero-order valence-corrected chi connectivity index (χ0v) is 13.0. The number of nitrogens with one attached hydrogen (secondary N) is 1. The Bertz CT molecular complexity index is 928. The monoisotopic (exact) mass is 325 g/mol. The molecule has 0 radical (unpaired) electrons. The molecular formula is C18H16FN3O2. The number of aromatic nitrogens is 3. The standard InChI is InChI=1S/C18H16FN3O2/c19-14-6-4-12(5-7-14)11-24-15-8-9-16-13(10-15)2-1-3-17-20-21-18(23)22(16)17/h4-10H,1-3,11H2,(H,21,23). The molecule has 3 aromatic rings. The fraction of sp³-hybridized carbons (Fsp3) is 0.222. The normalized spacial score (nSPS) is 13.0. The number of hydrogen-bond acceptors (Lipinski definition) is 3. The number of aromatic amines is 1. The largest absolute Gasteiger partial charge is 0.489 e. The zero-order chi connectivity index (χ0) is 16.5. The highest BCUT2D eigenvalue weighted by molar-refractivity contribution is 5.47. The molecule has 6 heteroatoms. The first kappa shape index (κ1) is 14.7. The molecule has 0 atom stereocenters. The highest BCUT2D eigenvalue weighted by Gasteiger charge is 2.18. The fourth-order valence-electron chi connectivity index (χ4n) is 3.00. The van der Waals surface area contributed by atoms with Gasteiger partial charge in [-0.2, -0.15) is 5.10 Å². The Hall–Kier alpha value is -2.89. The molecule has 4 rings (SSSR count). The van der Waals surface area contributed by atoms with Crippen molar-refractivity contribution < 1.29 is 9.13 Å². The molecule has 0 fully saturated rings. The van der Waals surface area contributed by atoms with E-state index in [1.807, 2.05) is 18.2 Å². The van der Waals surface area contributed by atoms with Crippen molar-refractivity contribution in [3.05, 3.63) is 75.7 Å². The Kier molecular flexibility index (Phi) is 3.65. The van der Waals surface area contributed by atoms with E-state index in [0.717, 1.165) is 47.7 Å². The predicted molar refractivity (Wildman–Crippen MR) is 86.9 cm³/mol. The number of nitrogens with zero attached hydrogens (tertiary/aromatic N) is 2. The van der Waals surface area contributed by atoms with Crippen LogP contribution in [0.5, 0.6) is 5.75 Å². The third-order valence-electron chi connectivity index (χ3n) is 4.20. The molecule has 0 saturated heterocycles. The van der Waals surface area contributed by atoms with Crippen LogP contribution in [-0.2, 0) is 19.4 Å². The average molecular weight is 325 g/mol. The Morgan fingerprint density at radius 1 is 1.17 bits per heavy atom. The van der Waals surface area contributed by atoms with Gasteiger partial charge in [-0.05, 0) is 54.3 Å². The first-order valence-corrected chi connectivity index (χ1v) is 7.87. The van der Waals surface area contributed by atoms with Gasteiger partial charge in [0.25, 0.3) is 0 Å². The van der Waals surface area contributed by atoms with Crippen molar-refractivity contribution in [1.82, 2.24) is 14.8 Å². The van der Waals surface area contributed by atoms with Gasteiger partial charge >= 0.3 is 5.69 Å². The lowest BCUT2D eigenvalue weighted by atomic mass is 10.1. The maximum absolute atomic E-state index is 12.9. The second-order valence-corrected chi connectivity index (χ2v) is 5.84. The first-order valence-electron chi connectivity index (χ1n) is 7.87. The SMILES string of the molecule is O=c1[nH]nc2n1-c1ccc(OCc3ccc(F)cc3)cc1CCC2. The van der Waals surface area contributed by atoms with E-state index in [9.17, 15) is 9.18 Å². The van der Waals surface area contributed by atoms with Crippen LogP contribution in [0.2, 0.25) is 0 Å². The van der Waals surface area contributed by atoms with Crippen LogP contribution in [0, 0.1) is 5.82 Å². The molecule has 5 nitrogen and oxygen atoms in total. The maximum Gasteiger partial charge on any atom is 0.347 e. The smallest absolute Gasteiger partial charge is 0.347 e. The summed E-state index contributed by atoms with van der Waals surface area (Å²) in [5.41, 5.74) is 2.61. The minimum Gasteiger partial charge on any atom is -0.489 e. The molecule has 0 bridgehead atoms. The molecule has 1 aliphatic rings. The summed E-state index contributed by atoms with van der Waals surface area (Å²) in [6, 6.07) is 11.9. The van der Waals surface area contributed by atoms with Gasteiger partial charge in [0.15, 0.2) is 0 Å². The summed E-state index contributed by atoms with van der Waals surface area (Å²) in [6.45, 7) is 0.371. The molecule has 0 amide bonds. The first-order chi connectivity index (χ1) is 11.7. The number of rotatable bonds is 3. The molecule has 24 heavy (non-hydrogen) atoms. The molecule has 2 aromatic carbocycles. The van der Waals surface area contributed by atoms with E-state index in [0.29, 0.717) is 6.61 Å². The Labute approximate surface area is 137 Å². The van der Waals surface area contributed by atoms with Crippen molar-refractivity contribution in [2.24, 2.45) is 0 Å². The van der Waals surface area contributed by atoms with Crippen molar-refractivity contribution >= 4 is 0 Å². The Balaban J connectivity index is 1.60. The second kappa shape index (κ2) is 5.96. The molecular weight excluding hydrogens is 309 g/mol. The number of hydrogen-bond donors (Lipinski definition) is 1. The molecule has 0 spiro atoms. The van der Waals surface area contributed by atoms with Gasteiger partial charge in [0, 0.05) is 6.42 Å². The highest BCUT2D eigenvalue weighted by atomic mass is 19.1. The van der Waals surface area contributed by atoms with Crippen molar-refractivity contribution in [3.8, 4) is 11.4 Å². The molecule has 2 heterocycles. The van der Waals surface area contributed by atoms with Crippen molar-refractivity contribution in [3.63, 3.8) is 0 Å². The predicted octanol–water partition coefficient (Wildman–Crippen LogP) is 2.77. The number of aryl methyl sites for hydroxylation is 2. The Morgan fingerprint density at radius 2 is 2.00 bits per heavy atom. The van der Waals surface area contributed by atoms with Gasteiger partial charge in [-0.1, -0.05) is 12.1 Å². The van der Waals surface area contributed by atoms with Gasteiger partial charge in [-0.15, -0.1) is 0 Å². The topological polar surface area (TPSA) is 59.9 Å². The van der Waals surface area contributed by atoms with E-state index >= 15 is 0 Å². The number of halogens is 1. The zero-order valence-electron chi connectivity index (χ0n) is 13.0. The minimum absolute atomic E-state index is 0.215. The number of ether oxygens (including phenoxy) is 1. The van der Waals surface area contributed by atoms with Gasteiger partial charge in [0.1, 0.15) is 24.0 Å². The van der Waals surface area contributed by atoms with E-state index in [4.69, 9.17) is 4.74 Å². The van der Waals surface area contributed by atoms with E-state index in [1.54, 1.807) is 16.7 Å². The third-order valence-corrected chi connectivity index (χ3v) is 4.20. The van der Waals surface area contributed by atoms with E-state index in [2.05, 4.69) is 10.2 Å². The van der Waals surface area contributed by atoms with Gasteiger partial charge in [-0.3, -0.25) is 0 Å². The summed E-state index contributed by atoms with van der Waals surface area (Å²) < 4.78 is 20.4. The summed E-state index contributed by atoms with van der Waals surface area (Å²) in [5, 5.41) is 6.59. The van der Waals surface area contributed by atoms with Crippen LogP contribution in [0.15, 0.2) is 47.3 Å². The minimum atomic E-state index is -0.259. The highest BCUT2D eigenvalue weighted by Crippen LogP contribution is 2.26. The van der Waals surface area contributed by atoms with E-state index < -0.39 is 0 Å². The summed E-state index contributed by atoms with van der Waals surface area (Å²) >= 11 is 0. The number of fused-ring (bicyclic) bond motifs is 3. The third kappa shape index (κ3) is 2.71. The van der Waals surface area contributed by atoms with Crippen LogP contribution in [0.3, 0.4) is 0 Å². The maximum atomic E-state index is 12.9. The average Bonchev–Trinajstić information content (AvgIpc) is 2.85. The number of benzene rings is 2. The summed E-state index contributed by atoms with van der Waals surface area (Å²) in [6.07, 6.45) is 2.56. The lowest BCUT2D eigenvalue weighted by molar-refractivity contribution is 0.305. The van der Waals surface area contributed by atoms with Crippen molar-refractivity contribution in [2.45, 2.75) is 25.9 Å². The molecule has 122 valence electrons. The van der Waals surface area contributed by atoms with Gasteiger partial charge in [0.05, 0.1) is 5.69 Å². The molecule has 0 unspecified atom stereocenters. The molecule has 0 saturated carbocycles. The summed E-state index contributed by atoms with van der Waals surface area (Å²) in [5.74, 6) is 1.24. The van der Waals surface area contributed by atoms with Crippen LogP contribution in [0.25, 0.3) is 5.69 Å². The number of H-pyrrole nitrogens is 1. The van der Waals surface area contributed by atoms with Crippen LogP contribution in [0.1, 0.15) is 23.4 Å². The van der Waals surface area contributed by atoms with Crippen LogP contribution in [-0.4, -0.2) is 14.8 Å². The molecule has 1 aliphatic heterocycles. The molecule has 0 aliphatic carbocycles. The summed E-state index contributed by atoms with van der Waals surface area (Å²) in [4.78, 5) is 12.0. The second-order valence-electron chi connectivity index (χ2n) is 5.84. The summed E-state index contributed by atoms with van der Waals surface area (Å²) in [7, 11) is 0. The quantitative estimate of drug-likeness (QED) is 0.805. The Morgan fingerprint density at radius 3 is 2.83 bits per heavy atom. The fourth-order valence-corrected chi connectivity index (χ4v) is 3.00.